The summed E-state index contributed by atoms with van der Waals surface area (Å²) in [5, 5.41) is 0. The third-order valence-corrected chi connectivity index (χ3v) is 3.14. The average Bonchev–Trinajstić information content (AvgIpc) is 2.63. The fourth-order valence-electron chi connectivity index (χ4n) is 2.27. The van der Waals surface area contributed by atoms with Gasteiger partial charge in [-0.1, -0.05) is 0 Å². The average molecular weight is 309 g/mol. The number of likely N-dealkylation sites (tertiary alicyclic amines) is 1. The summed E-state index contributed by atoms with van der Waals surface area (Å²) in [6, 6.07) is 0. The summed E-state index contributed by atoms with van der Waals surface area (Å²) in [4.78, 5) is 25.2. The highest BCUT2D eigenvalue weighted by atomic mass is 19.3. The van der Waals surface area contributed by atoms with E-state index in [-0.39, 0.29) is 13.0 Å². The first-order valence-electron chi connectivity index (χ1n) is 6.52. The van der Waals surface area contributed by atoms with Gasteiger partial charge in [0, 0.05) is 6.42 Å². The van der Waals surface area contributed by atoms with Crippen molar-refractivity contribution in [3.63, 3.8) is 0 Å². The highest BCUT2D eigenvalue weighted by molar-refractivity contribution is 5.86. The van der Waals surface area contributed by atoms with Crippen molar-refractivity contribution in [1.29, 1.82) is 0 Å². The van der Waals surface area contributed by atoms with Gasteiger partial charge in [-0.25, -0.2) is 9.59 Å². The molecule has 0 aromatic rings. The fraction of sp³-hybridized carbons (Fsp3) is 0.846. The lowest BCUT2D eigenvalue weighted by Gasteiger charge is -2.33. The molecule has 1 aliphatic heterocycles. The van der Waals surface area contributed by atoms with Crippen LogP contribution in [0.15, 0.2) is 0 Å². The van der Waals surface area contributed by atoms with Gasteiger partial charge < -0.3 is 14.2 Å². The van der Waals surface area contributed by atoms with E-state index in [0.29, 0.717) is 0 Å². The van der Waals surface area contributed by atoms with Crippen LogP contribution >= 0.6 is 0 Å². The molecule has 1 saturated heterocycles. The number of carbonyl (C=O) groups excluding carboxylic acids is 2. The Hall–Kier alpha value is -1.44. The van der Waals surface area contributed by atoms with Gasteiger partial charge in [-0.15, -0.1) is 0 Å². The highest BCUT2D eigenvalue weighted by Gasteiger charge is 2.53. The van der Waals surface area contributed by atoms with Crippen LogP contribution in [0.1, 0.15) is 34.1 Å². The van der Waals surface area contributed by atoms with Crippen LogP contribution in [-0.2, 0) is 19.0 Å². The van der Waals surface area contributed by atoms with Gasteiger partial charge in [0.05, 0.1) is 19.8 Å². The highest BCUT2D eigenvalue weighted by Crippen LogP contribution is 2.34. The first kappa shape index (κ1) is 17.6. The molecule has 2 atom stereocenters. The number of carbonyl (C=O) groups is 2. The van der Waals surface area contributed by atoms with E-state index in [2.05, 4.69) is 9.47 Å². The van der Waals surface area contributed by atoms with E-state index in [0.717, 1.165) is 4.90 Å². The second kappa shape index (κ2) is 6.13. The molecule has 0 saturated carbocycles. The molecule has 122 valence electrons. The van der Waals surface area contributed by atoms with Crippen LogP contribution in [0.5, 0.6) is 0 Å². The Morgan fingerprint density at radius 3 is 2.33 bits per heavy atom. The summed E-state index contributed by atoms with van der Waals surface area (Å²) >= 11 is 0. The van der Waals surface area contributed by atoms with Gasteiger partial charge in [-0.3, -0.25) is 4.90 Å². The lowest BCUT2D eigenvalue weighted by atomic mass is 9.98. The van der Waals surface area contributed by atoms with E-state index in [1.54, 1.807) is 20.8 Å². The van der Waals surface area contributed by atoms with Gasteiger partial charge >= 0.3 is 18.7 Å². The van der Waals surface area contributed by atoms with Crippen LogP contribution < -0.4 is 0 Å². The Labute approximate surface area is 122 Å². The molecule has 0 N–H and O–H groups in total. The molecule has 1 rings (SSSR count). The van der Waals surface area contributed by atoms with Gasteiger partial charge in [-0.2, -0.15) is 8.78 Å². The zero-order valence-electron chi connectivity index (χ0n) is 12.8. The number of amides is 1. The molecule has 1 fully saturated rings. The molecule has 6 nitrogen and oxygen atoms in total. The fourth-order valence-corrected chi connectivity index (χ4v) is 2.27. The number of hydrogen-bond acceptors (Lipinski definition) is 5. The number of halogens is 2. The summed E-state index contributed by atoms with van der Waals surface area (Å²) in [5.41, 5.74) is -2.16. The second-order valence-electron chi connectivity index (χ2n) is 6.08. The molecule has 0 aliphatic carbocycles. The monoisotopic (exact) mass is 309 g/mol. The van der Waals surface area contributed by atoms with E-state index in [4.69, 9.17) is 4.74 Å². The minimum Gasteiger partial charge on any atom is -0.467 e. The molecule has 2 unspecified atom stereocenters. The van der Waals surface area contributed by atoms with Crippen molar-refractivity contribution in [2.45, 2.75) is 58.0 Å². The number of hydrogen-bond donors (Lipinski definition) is 0. The van der Waals surface area contributed by atoms with E-state index < -0.39 is 35.9 Å². The third-order valence-electron chi connectivity index (χ3n) is 3.14. The van der Waals surface area contributed by atoms with Gasteiger partial charge in [0.2, 0.25) is 0 Å². The predicted octanol–water partition coefficient (Wildman–Crippen LogP) is 2.17. The predicted molar refractivity (Wildman–Crippen MR) is 68.9 cm³/mol. The number of ether oxygens (including phenoxy) is 3. The van der Waals surface area contributed by atoms with Crippen LogP contribution in [0.3, 0.4) is 0 Å². The van der Waals surface area contributed by atoms with E-state index in [9.17, 15) is 18.4 Å². The quantitative estimate of drug-likeness (QED) is 0.748. The maximum Gasteiger partial charge on any atom is 0.411 e. The molecular formula is C13H21F2NO5. The standard InChI is InChI=1S/C13H21F2NO5/c1-12(2,3)21-11(18)16-7-8(20-10(14)15)6-13(16,4)9(17)19-5/h8,10H,6-7H2,1-5H3. The molecular weight excluding hydrogens is 288 g/mol. The molecule has 1 heterocycles. The minimum absolute atomic E-state index is 0.0801. The Morgan fingerprint density at radius 2 is 1.90 bits per heavy atom. The first-order valence-corrected chi connectivity index (χ1v) is 6.52. The van der Waals surface area contributed by atoms with Crippen LogP contribution in [0.25, 0.3) is 0 Å². The zero-order valence-corrected chi connectivity index (χ0v) is 12.8. The van der Waals surface area contributed by atoms with Crippen molar-refractivity contribution in [3.05, 3.63) is 0 Å². The van der Waals surface area contributed by atoms with Crippen molar-refractivity contribution in [1.82, 2.24) is 4.90 Å². The zero-order chi connectivity index (χ0) is 16.4. The Bertz CT molecular complexity index is 410. The lowest BCUT2D eigenvalue weighted by Crippen LogP contribution is -2.52. The van der Waals surface area contributed by atoms with Crippen LogP contribution in [0.2, 0.25) is 0 Å². The topological polar surface area (TPSA) is 65.1 Å². The molecule has 21 heavy (non-hydrogen) atoms. The molecule has 0 aromatic heterocycles. The summed E-state index contributed by atoms with van der Waals surface area (Å²) < 4.78 is 39.0. The van der Waals surface area contributed by atoms with Gasteiger partial charge in [0.1, 0.15) is 11.1 Å². The molecule has 1 aliphatic rings. The van der Waals surface area contributed by atoms with Crippen molar-refractivity contribution in [3.8, 4) is 0 Å². The Morgan fingerprint density at radius 1 is 1.33 bits per heavy atom. The summed E-state index contributed by atoms with van der Waals surface area (Å²) in [5.74, 6) is -0.700. The first-order chi connectivity index (χ1) is 9.49. The van der Waals surface area contributed by atoms with Crippen LogP contribution in [0.4, 0.5) is 13.6 Å². The summed E-state index contributed by atoms with van der Waals surface area (Å²) in [6.07, 6.45) is -1.80. The lowest BCUT2D eigenvalue weighted by molar-refractivity contribution is -0.161. The minimum atomic E-state index is -2.98. The summed E-state index contributed by atoms with van der Waals surface area (Å²) in [7, 11) is 1.17. The molecule has 1 amide bonds. The van der Waals surface area contributed by atoms with Crippen molar-refractivity contribution < 1.29 is 32.6 Å². The second-order valence-corrected chi connectivity index (χ2v) is 6.08. The normalized spacial score (nSPS) is 26.1. The van der Waals surface area contributed by atoms with Crippen LogP contribution in [-0.4, -0.2) is 54.5 Å². The van der Waals surface area contributed by atoms with E-state index in [1.807, 2.05) is 0 Å². The maximum atomic E-state index is 12.3. The molecule has 0 aromatic carbocycles. The molecule has 0 bridgehead atoms. The van der Waals surface area contributed by atoms with E-state index >= 15 is 0 Å². The number of alkyl halides is 2. The van der Waals surface area contributed by atoms with Crippen molar-refractivity contribution in [2.24, 2.45) is 0 Å². The smallest absolute Gasteiger partial charge is 0.411 e. The molecule has 8 heteroatoms. The van der Waals surface area contributed by atoms with Crippen LogP contribution in [0, 0.1) is 0 Å². The molecule has 0 radical (unpaired) electrons. The number of rotatable bonds is 3. The number of esters is 1. The number of methoxy groups -OCH3 is 1. The number of nitrogens with zero attached hydrogens (tertiary/aromatic N) is 1. The Kier molecular flexibility index (Phi) is 5.14. The van der Waals surface area contributed by atoms with Gasteiger partial charge in [0.25, 0.3) is 0 Å². The van der Waals surface area contributed by atoms with Crippen molar-refractivity contribution >= 4 is 12.1 Å². The van der Waals surface area contributed by atoms with Crippen molar-refractivity contribution in [2.75, 3.05) is 13.7 Å². The summed E-state index contributed by atoms with van der Waals surface area (Å²) in [6.45, 7) is 3.31. The van der Waals surface area contributed by atoms with Gasteiger partial charge in [-0.05, 0) is 27.7 Å². The van der Waals surface area contributed by atoms with E-state index in [1.165, 1.54) is 14.0 Å². The third kappa shape index (κ3) is 4.26. The van der Waals surface area contributed by atoms with Gasteiger partial charge in [0.15, 0.2) is 0 Å². The largest absolute Gasteiger partial charge is 0.467 e. The Balaban J connectivity index is 2.96. The maximum absolute atomic E-state index is 12.3. The SMILES string of the molecule is COC(=O)C1(C)CC(OC(F)F)CN1C(=O)OC(C)(C)C. The molecule has 0 spiro atoms.